The zero-order valence-electron chi connectivity index (χ0n) is 14.2. The quantitative estimate of drug-likeness (QED) is 0.223. The lowest BCUT2D eigenvalue weighted by atomic mass is 10.2. The summed E-state index contributed by atoms with van der Waals surface area (Å²) < 4.78 is 32.3. The third-order valence-corrected chi connectivity index (χ3v) is 6.58. The van der Waals surface area contributed by atoms with Crippen LogP contribution in [0.25, 0.3) is 0 Å². The highest BCUT2D eigenvalue weighted by Crippen LogP contribution is 2.49. The topological polar surface area (TPSA) is 91.3 Å². The number of phosphoric acid groups is 1. The summed E-state index contributed by atoms with van der Waals surface area (Å²) in [6.07, 6.45) is 0. The van der Waals surface area contributed by atoms with E-state index >= 15 is 0 Å². The molecule has 10 heteroatoms. The molecule has 0 heterocycles. The van der Waals surface area contributed by atoms with Crippen molar-refractivity contribution in [1.29, 1.82) is 0 Å². The van der Waals surface area contributed by atoms with Crippen molar-refractivity contribution < 1.29 is 32.8 Å². The van der Waals surface area contributed by atoms with Gasteiger partial charge in [-0.3, -0.25) is 13.6 Å². The van der Waals surface area contributed by atoms with Gasteiger partial charge in [0.25, 0.3) is 0 Å². The molecular weight excluding hydrogens is 387 g/mol. The molecule has 0 spiro atoms. The maximum Gasteiger partial charge on any atom is 0.474 e. The highest BCUT2D eigenvalue weighted by Gasteiger charge is 2.24. The lowest BCUT2D eigenvalue weighted by Gasteiger charge is -2.15. The van der Waals surface area contributed by atoms with Crippen molar-refractivity contribution in [1.82, 2.24) is 0 Å². The number of rotatable bonds is 13. The normalized spacial score (nSPS) is 11.4. The number of hydrogen-bond donors (Lipinski definition) is 1. The summed E-state index contributed by atoms with van der Waals surface area (Å²) in [4.78, 5) is 11.8. The molecule has 7 nitrogen and oxygen atoms in total. The second kappa shape index (κ2) is 12.6. The lowest BCUT2D eigenvalue weighted by Crippen LogP contribution is -2.07. The van der Waals surface area contributed by atoms with Crippen LogP contribution < -0.4 is 0 Å². The Kier molecular flexibility index (Phi) is 11.3. The highest BCUT2D eigenvalue weighted by atomic mass is 33.1. The van der Waals surface area contributed by atoms with E-state index in [1.165, 1.54) is 33.7 Å². The third-order valence-electron chi connectivity index (χ3n) is 2.60. The van der Waals surface area contributed by atoms with E-state index < -0.39 is 13.8 Å². The third kappa shape index (κ3) is 8.99. The van der Waals surface area contributed by atoms with Crippen LogP contribution in [0.15, 0.2) is 24.3 Å². The van der Waals surface area contributed by atoms with E-state index in [-0.39, 0.29) is 37.7 Å². The van der Waals surface area contributed by atoms with E-state index in [1.54, 1.807) is 26.0 Å². The zero-order valence-corrected chi connectivity index (χ0v) is 16.7. The van der Waals surface area contributed by atoms with E-state index in [4.69, 9.17) is 18.3 Å². The summed E-state index contributed by atoms with van der Waals surface area (Å²) in [6.45, 7) is 4.39. The number of ether oxygens (including phenoxy) is 1. The molecule has 0 aliphatic carbocycles. The molecule has 0 aliphatic heterocycles. The first-order valence-corrected chi connectivity index (χ1v) is 11.7. The van der Waals surface area contributed by atoms with Crippen LogP contribution in [0.2, 0.25) is 0 Å². The van der Waals surface area contributed by atoms with Gasteiger partial charge in [0.05, 0.1) is 19.8 Å². The van der Waals surface area contributed by atoms with Gasteiger partial charge in [-0.1, -0.05) is 33.7 Å². The number of phenols is 1. The highest BCUT2D eigenvalue weighted by molar-refractivity contribution is 8.76. The van der Waals surface area contributed by atoms with Crippen LogP contribution in [0.4, 0.5) is 0 Å². The standard InChI is InChI=1S/C15H23O7PS2/c1-3-20-23(18,21-4-2)22-10-12-25-24-11-9-19-15(17)13-7-5-6-8-14(13)16/h5-8,16H,3-4,9-12H2,1-2H3. The minimum atomic E-state index is -3.45. The molecule has 1 rings (SSSR count). The molecular formula is C15H23O7PS2. The molecule has 142 valence electrons. The molecule has 1 N–H and O–H groups in total. The van der Waals surface area contributed by atoms with E-state index in [0.29, 0.717) is 11.5 Å². The number of para-hydroxylation sites is 1. The summed E-state index contributed by atoms with van der Waals surface area (Å²) >= 11 is 0. The van der Waals surface area contributed by atoms with Crippen LogP contribution in [0.5, 0.6) is 5.75 Å². The molecule has 0 saturated carbocycles. The fourth-order valence-corrected chi connectivity index (χ4v) is 4.57. The number of carbonyl (C=O) groups is 1. The van der Waals surface area contributed by atoms with E-state index in [2.05, 4.69) is 0 Å². The summed E-state index contributed by atoms with van der Waals surface area (Å²) in [5.74, 6) is 0.516. The molecule has 25 heavy (non-hydrogen) atoms. The fraction of sp³-hybridized carbons (Fsp3) is 0.533. The Morgan fingerprint density at radius 2 is 1.64 bits per heavy atom. The fourth-order valence-electron chi connectivity index (χ4n) is 1.62. The maximum atomic E-state index is 12.0. The van der Waals surface area contributed by atoms with Gasteiger partial charge in [0.2, 0.25) is 0 Å². The van der Waals surface area contributed by atoms with Gasteiger partial charge in [-0.25, -0.2) is 9.36 Å². The Hall–Kier alpha value is -0.700. The Morgan fingerprint density at radius 3 is 2.24 bits per heavy atom. The van der Waals surface area contributed by atoms with Gasteiger partial charge < -0.3 is 9.84 Å². The van der Waals surface area contributed by atoms with Gasteiger partial charge in [0, 0.05) is 11.5 Å². The Labute approximate surface area is 155 Å². The minimum absolute atomic E-state index is 0.0975. The van der Waals surface area contributed by atoms with Crippen molar-refractivity contribution in [2.45, 2.75) is 13.8 Å². The molecule has 0 amide bonds. The van der Waals surface area contributed by atoms with Crippen LogP contribution in [0.3, 0.4) is 0 Å². The maximum absolute atomic E-state index is 12.0. The molecule has 0 atom stereocenters. The molecule has 0 bridgehead atoms. The molecule has 1 aromatic carbocycles. The van der Waals surface area contributed by atoms with Gasteiger partial charge in [-0.05, 0) is 26.0 Å². The van der Waals surface area contributed by atoms with Gasteiger partial charge in [0.1, 0.15) is 17.9 Å². The summed E-state index contributed by atoms with van der Waals surface area (Å²) in [7, 11) is -0.451. The van der Waals surface area contributed by atoms with Crippen molar-refractivity contribution in [3.05, 3.63) is 29.8 Å². The number of phosphoric ester groups is 1. The van der Waals surface area contributed by atoms with Crippen molar-refractivity contribution in [2.75, 3.05) is 37.9 Å². The van der Waals surface area contributed by atoms with Crippen LogP contribution in [0.1, 0.15) is 24.2 Å². The van der Waals surface area contributed by atoms with Crippen LogP contribution in [0, 0.1) is 0 Å². The van der Waals surface area contributed by atoms with E-state index in [1.807, 2.05) is 0 Å². The monoisotopic (exact) mass is 410 g/mol. The second-order valence-electron chi connectivity index (χ2n) is 4.41. The largest absolute Gasteiger partial charge is 0.507 e. The first-order chi connectivity index (χ1) is 12.0. The number of hydrogen-bond acceptors (Lipinski definition) is 9. The first kappa shape index (κ1) is 22.3. The predicted octanol–water partition coefficient (Wildman–Crippen LogP) is 4.13. The van der Waals surface area contributed by atoms with Crippen molar-refractivity contribution in [3.63, 3.8) is 0 Å². The lowest BCUT2D eigenvalue weighted by molar-refractivity contribution is 0.0527. The molecule has 0 radical (unpaired) electrons. The number of benzene rings is 1. The molecule has 1 aromatic rings. The first-order valence-electron chi connectivity index (χ1n) is 7.75. The van der Waals surface area contributed by atoms with Gasteiger partial charge in [0.15, 0.2) is 0 Å². The summed E-state index contributed by atoms with van der Waals surface area (Å²) in [6, 6.07) is 6.23. The van der Waals surface area contributed by atoms with E-state index in [0.717, 1.165) is 0 Å². The predicted molar refractivity (Wildman–Crippen MR) is 100 cm³/mol. The second-order valence-corrected chi connectivity index (χ2v) is 8.78. The average molecular weight is 410 g/mol. The minimum Gasteiger partial charge on any atom is -0.507 e. The van der Waals surface area contributed by atoms with Crippen molar-refractivity contribution in [2.24, 2.45) is 0 Å². The molecule has 0 fully saturated rings. The summed E-state index contributed by atoms with van der Waals surface area (Å²) in [5.41, 5.74) is 0.149. The van der Waals surface area contributed by atoms with Crippen LogP contribution in [-0.4, -0.2) is 49.0 Å². The molecule has 0 unspecified atom stereocenters. The van der Waals surface area contributed by atoms with Crippen molar-refractivity contribution in [3.8, 4) is 5.75 Å². The van der Waals surface area contributed by atoms with Gasteiger partial charge >= 0.3 is 13.8 Å². The van der Waals surface area contributed by atoms with Gasteiger partial charge in [-0.2, -0.15) is 0 Å². The Bertz CT molecular complexity index is 561. The van der Waals surface area contributed by atoms with Crippen molar-refractivity contribution >= 4 is 35.4 Å². The molecule has 0 aliphatic rings. The van der Waals surface area contributed by atoms with Gasteiger partial charge in [-0.15, -0.1) is 0 Å². The number of aromatic hydroxyl groups is 1. The van der Waals surface area contributed by atoms with Crippen LogP contribution in [-0.2, 0) is 22.9 Å². The Balaban J connectivity index is 2.11. The van der Waals surface area contributed by atoms with E-state index in [9.17, 15) is 14.5 Å². The SMILES string of the molecule is CCOP(=O)(OCC)OCCSSCCOC(=O)c1ccccc1O. The van der Waals surface area contributed by atoms with Crippen LogP contribution >= 0.6 is 29.4 Å². The smallest absolute Gasteiger partial charge is 0.474 e. The Morgan fingerprint density at radius 1 is 1.04 bits per heavy atom. The summed E-state index contributed by atoms with van der Waals surface area (Å²) in [5, 5.41) is 9.56. The number of esters is 1. The zero-order chi connectivity index (χ0) is 18.5. The molecule has 0 aromatic heterocycles. The molecule has 0 saturated heterocycles. The number of carbonyl (C=O) groups excluding carboxylic acids is 1. The number of phenolic OH excluding ortho intramolecular Hbond substituents is 1. The average Bonchev–Trinajstić information content (AvgIpc) is 2.58.